The molecule has 1 saturated carbocycles. The molecule has 1 aliphatic carbocycles. The van der Waals surface area contributed by atoms with Crippen LogP contribution in [0.15, 0.2) is 24.3 Å². The van der Waals surface area contributed by atoms with Gasteiger partial charge in [-0.1, -0.05) is 36.6 Å². The summed E-state index contributed by atoms with van der Waals surface area (Å²) in [6.07, 6.45) is 3.05. The zero-order chi connectivity index (χ0) is 17.8. The molecule has 2 aliphatic rings. The largest absolute Gasteiger partial charge is 0.550 e. The molecule has 1 aliphatic heterocycles. The maximum Gasteiger partial charge on any atom is 0.226 e. The van der Waals surface area contributed by atoms with Crippen LogP contribution in [0.5, 0.6) is 0 Å². The minimum Gasteiger partial charge on any atom is -0.550 e. The third-order valence-corrected chi connectivity index (χ3v) is 5.79. The third kappa shape index (κ3) is 4.53. The molecule has 0 aromatic heterocycles. The van der Waals surface area contributed by atoms with Crippen molar-refractivity contribution < 1.29 is 19.6 Å². The van der Waals surface area contributed by atoms with Crippen LogP contribution in [0.2, 0.25) is 5.02 Å². The number of hydrogen-bond donors (Lipinski definition) is 1. The molecule has 5 nitrogen and oxygen atoms in total. The van der Waals surface area contributed by atoms with Crippen molar-refractivity contribution in [2.45, 2.75) is 32.2 Å². The fourth-order valence-electron chi connectivity index (χ4n) is 4.05. The highest BCUT2D eigenvalue weighted by Gasteiger charge is 2.36. The van der Waals surface area contributed by atoms with Gasteiger partial charge in [0.05, 0.1) is 26.2 Å². The van der Waals surface area contributed by atoms with Crippen LogP contribution in [0.3, 0.4) is 0 Å². The number of piperazine rings is 1. The average molecular weight is 365 g/mol. The highest BCUT2D eigenvalue weighted by Crippen LogP contribution is 2.31. The maximum absolute atomic E-state index is 12.8. The first-order valence-electron chi connectivity index (χ1n) is 9.12. The number of hydrogen-bond acceptors (Lipinski definition) is 3. The summed E-state index contributed by atoms with van der Waals surface area (Å²) in [5, 5.41) is 12.1. The fraction of sp³-hybridized carbons (Fsp3) is 0.579. The average Bonchev–Trinajstić information content (AvgIpc) is 2.63. The zero-order valence-electron chi connectivity index (χ0n) is 14.4. The zero-order valence-corrected chi connectivity index (χ0v) is 15.1. The predicted molar refractivity (Wildman–Crippen MR) is 92.9 cm³/mol. The van der Waals surface area contributed by atoms with Crippen molar-refractivity contribution in [3.63, 3.8) is 0 Å². The highest BCUT2D eigenvalue weighted by atomic mass is 35.5. The summed E-state index contributed by atoms with van der Waals surface area (Å²) in [7, 11) is 0. The van der Waals surface area contributed by atoms with E-state index in [0.29, 0.717) is 25.9 Å². The molecule has 1 saturated heterocycles. The third-order valence-electron chi connectivity index (χ3n) is 5.54. The Hall–Kier alpha value is -1.59. The number of quaternary nitrogens is 1. The Morgan fingerprint density at radius 1 is 1.08 bits per heavy atom. The van der Waals surface area contributed by atoms with E-state index >= 15 is 0 Å². The van der Waals surface area contributed by atoms with Gasteiger partial charge in [0.15, 0.2) is 0 Å². The van der Waals surface area contributed by atoms with Gasteiger partial charge in [-0.2, -0.15) is 0 Å². The standard InChI is InChI=1S/C19H25ClN2O3/c20-15-7-5-14(6-8-15)13-21-9-11-22(12-10-21)18(23)16-3-1-2-4-17(16)19(24)25/h5-8,16-17H,1-4,9-13H2,(H,24,25)/t16-,17+/m0/s1. The van der Waals surface area contributed by atoms with Crippen LogP contribution in [0, 0.1) is 11.8 Å². The molecule has 3 rings (SSSR count). The Labute approximate surface area is 153 Å². The SMILES string of the molecule is O=C([O-])[C@@H]1CCCC[C@@H]1C(=O)N1CC[NH+](Cc2ccc(Cl)cc2)CC1. The summed E-state index contributed by atoms with van der Waals surface area (Å²) in [5.74, 6) is -2.05. The van der Waals surface area contributed by atoms with E-state index in [4.69, 9.17) is 11.6 Å². The lowest BCUT2D eigenvalue weighted by atomic mass is 9.78. The van der Waals surface area contributed by atoms with Crippen molar-refractivity contribution in [1.29, 1.82) is 0 Å². The summed E-state index contributed by atoms with van der Waals surface area (Å²) >= 11 is 5.92. The van der Waals surface area contributed by atoms with E-state index in [-0.39, 0.29) is 5.91 Å². The van der Waals surface area contributed by atoms with Gasteiger partial charge in [0.1, 0.15) is 6.54 Å². The lowest BCUT2D eigenvalue weighted by Crippen LogP contribution is -3.13. The van der Waals surface area contributed by atoms with Gasteiger partial charge in [0.25, 0.3) is 0 Å². The monoisotopic (exact) mass is 364 g/mol. The first-order valence-corrected chi connectivity index (χ1v) is 9.50. The molecule has 0 radical (unpaired) electrons. The number of nitrogens with one attached hydrogen (secondary N) is 1. The minimum absolute atomic E-state index is 0.0134. The Morgan fingerprint density at radius 2 is 1.68 bits per heavy atom. The Bertz CT molecular complexity index is 612. The first kappa shape index (κ1) is 18.2. The second-order valence-corrected chi connectivity index (χ2v) is 7.63. The normalized spacial score (nSPS) is 24.9. The molecule has 1 N–H and O–H groups in total. The predicted octanol–water partition coefficient (Wildman–Crippen LogP) is 0.123. The lowest BCUT2D eigenvalue weighted by molar-refractivity contribution is -0.917. The number of benzene rings is 1. The van der Waals surface area contributed by atoms with Crippen LogP contribution in [-0.2, 0) is 16.1 Å². The number of nitrogens with zero attached hydrogens (tertiary/aromatic N) is 1. The number of amides is 1. The van der Waals surface area contributed by atoms with Crippen molar-refractivity contribution in [1.82, 2.24) is 4.90 Å². The van der Waals surface area contributed by atoms with Gasteiger partial charge >= 0.3 is 0 Å². The number of rotatable bonds is 4. The Balaban J connectivity index is 1.53. The molecule has 2 atom stereocenters. The van der Waals surface area contributed by atoms with Gasteiger partial charge in [-0.15, -0.1) is 0 Å². The van der Waals surface area contributed by atoms with Crippen LogP contribution in [0.1, 0.15) is 31.2 Å². The van der Waals surface area contributed by atoms with Crippen molar-refractivity contribution in [3.8, 4) is 0 Å². The molecular weight excluding hydrogens is 340 g/mol. The molecule has 1 amide bonds. The van der Waals surface area contributed by atoms with E-state index in [1.807, 2.05) is 29.2 Å². The second kappa shape index (κ2) is 8.19. The molecule has 2 fully saturated rings. The van der Waals surface area contributed by atoms with Crippen molar-refractivity contribution in [3.05, 3.63) is 34.9 Å². The summed E-state index contributed by atoms with van der Waals surface area (Å²) in [4.78, 5) is 27.4. The number of carbonyl (C=O) groups excluding carboxylic acids is 2. The molecule has 1 aromatic rings. The van der Waals surface area contributed by atoms with Crippen LogP contribution < -0.4 is 10.0 Å². The van der Waals surface area contributed by atoms with Crippen molar-refractivity contribution >= 4 is 23.5 Å². The molecule has 0 spiro atoms. The lowest BCUT2D eigenvalue weighted by Gasteiger charge is -2.38. The van der Waals surface area contributed by atoms with E-state index in [2.05, 4.69) is 0 Å². The number of halogens is 1. The van der Waals surface area contributed by atoms with Gasteiger partial charge in [-0.3, -0.25) is 4.79 Å². The van der Waals surface area contributed by atoms with Gasteiger partial charge in [0, 0.05) is 28.4 Å². The summed E-state index contributed by atoms with van der Waals surface area (Å²) in [5.41, 5.74) is 1.24. The van der Waals surface area contributed by atoms with Gasteiger partial charge in [-0.05, 0) is 25.0 Å². The van der Waals surface area contributed by atoms with E-state index in [1.165, 1.54) is 10.5 Å². The molecule has 1 heterocycles. The van der Waals surface area contributed by atoms with E-state index in [1.54, 1.807) is 0 Å². The van der Waals surface area contributed by atoms with Crippen LogP contribution >= 0.6 is 11.6 Å². The molecule has 1 aromatic carbocycles. The molecule has 136 valence electrons. The van der Waals surface area contributed by atoms with Crippen molar-refractivity contribution in [2.75, 3.05) is 26.2 Å². The van der Waals surface area contributed by atoms with E-state index < -0.39 is 17.8 Å². The topological polar surface area (TPSA) is 64.9 Å². The summed E-state index contributed by atoms with van der Waals surface area (Å²) in [6.45, 7) is 4.08. The molecule has 25 heavy (non-hydrogen) atoms. The maximum atomic E-state index is 12.8. The number of carboxylic acids is 1. The quantitative estimate of drug-likeness (QED) is 0.825. The van der Waals surface area contributed by atoms with E-state index in [9.17, 15) is 14.7 Å². The Morgan fingerprint density at radius 3 is 2.28 bits per heavy atom. The molecule has 0 unspecified atom stereocenters. The summed E-state index contributed by atoms with van der Waals surface area (Å²) in [6, 6.07) is 7.89. The summed E-state index contributed by atoms with van der Waals surface area (Å²) < 4.78 is 0. The van der Waals surface area contributed by atoms with Crippen LogP contribution in [0.4, 0.5) is 0 Å². The first-order chi connectivity index (χ1) is 12.0. The molecular formula is C19H25ClN2O3. The number of aliphatic carboxylic acids is 1. The molecule has 0 bridgehead atoms. The van der Waals surface area contributed by atoms with Gasteiger partial charge in [-0.25, -0.2) is 0 Å². The van der Waals surface area contributed by atoms with Crippen molar-refractivity contribution in [2.24, 2.45) is 11.8 Å². The Kier molecular flexibility index (Phi) is 5.97. The number of carbonyl (C=O) groups is 2. The van der Waals surface area contributed by atoms with Crippen LogP contribution in [0.25, 0.3) is 0 Å². The fourth-order valence-corrected chi connectivity index (χ4v) is 4.18. The van der Waals surface area contributed by atoms with Crippen LogP contribution in [-0.4, -0.2) is 43.0 Å². The minimum atomic E-state index is -1.06. The smallest absolute Gasteiger partial charge is 0.226 e. The van der Waals surface area contributed by atoms with Gasteiger partial charge in [0.2, 0.25) is 5.91 Å². The molecule has 6 heteroatoms. The second-order valence-electron chi connectivity index (χ2n) is 7.20. The van der Waals surface area contributed by atoms with E-state index in [0.717, 1.165) is 37.5 Å². The number of carboxylic acid groups (broad SMARTS) is 1. The highest BCUT2D eigenvalue weighted by molar-refractivity contribution is 6.30. The van der Waals surface area contributed by atoms with Gasteiger partial charge < -0.3 is 19.7 Å².